The summed E-state index contributed by atoms with van der Waals surface area (Å²) >= 11 is 0.546. The highest BCUT2D eigenvalue weighted by atomic mass is 32.2. The molecule has 1 aromatic rings. The summed E-state index contributed by atoms with van der Waals surface area (Å²) in [6, 6.07) is 3.45. The molecule has 1 aromatic heterocycles. The van der Waals surface area contributed by atoms with Crippen LogP contribution in [0.3, 0.4) is 0 Å². The standard InChI is InChI=1S/C10H11F2NOS/c1-2-5-13-6-8-3-4-9(14-8)7-15-10(11)12/h1,3-4,10,13H,5-7H2. The smallest absolute Gasteiger partial charge is 0.284 e. The Morgan fingerprint density at radius 3 is 2.87 bits per heavy atom. The molecule has 0 radical (unpaired) electrons. The molecule has 1 rings (SSSR count). The van der Waals surface area contributed by atoms with E-state index in [1.165, 1.54) is 0 Å². The second kappa shape index (κ2) is 6.49. The van der Waals surface area contributed by atoms with Gasteiger partial charge in [-0.05, 0) is 12.1 Å². The van der Waals surface area contributed by atoms with E-state index >= 15 is 0 Å². The van der Waals surface area contributed by atoms with E-state index in [1.807, 2.05) is 0 Å². The number of furan rings is 1. The van der Waals surface area contributed by atoms with Gasteiger partial charge in [0.2, 0.25) is 0 Å². The predicted molar refractivity (Wildman–Crippen MR) is 56.5 cm³/mol. The molecule has 0 fully saturated rings. The van der Waals surface area contributed by atoms with Crippen molar-refractivity contribution in [2.24, 2.45) is 0 Å². The quantitative estimate of drug-likeness (QED) is 0.601. The van der Waals surface area contributed by atoms with Crippen LogP contribution in [-0.2, 0) is 12.3 Å². The maximum atomic E-state index is 11.9. The van der Waals surface area contributed by atoms with Gasteiger partial charge in [0, 0.05) is 0 Å². The normalized spacial score (nSPS) is 10.5. The fraction of sp³-hybridized carbons (Fsp3) is 0.400. The van der Waals surface area contributed by atoms with Crippen molar-refractivity contribution in [3.63, 3.8) is 0 Å². The van der Waals surface area contributed by atoms with E-state index in [4.69, 9.17) is 10.8 Å². The van der Waals surface area contributed by atoms with Crippen LogP contribution in [0.1, 0.15) is 11.5 Å². The van der Waals surface area contributed by atoms with Crippen LogP contribution in [-0.4, -0.2) is 12.3 Å². The SMILES string of the molecule is C#CCNCc1ccc(CSC(F)F)o1. The van der Waals surface area contributed by atoms with Gasteiger partial charge in [0.25, 0.3) is 5.76 Å². The van der Waals surface area contributed by atoms with Crippen LogP contribution in [0.15, 0.2) is 16.5 Å². The molecule has 2 nitrogen and oxygen atoms in total. The van der Waals surface area contributed by atoms with Crippen molar-refractivity contribution in [2.45, 2.75) is 18.1 Å². The molecule has 15 heavy (non-hydrogen) atoms. The molecule has 82 valence electrons. The average molecular weight is 231 g/mol. The monoisotopic (exact) mass is 231 g/mol. The van der Waals surface area contributed by atoms with Crippen molar-refractivity contribution in [2.75, 3.05) is 6.54 Å². The third kappa shape index (κ3) is 4.86. The van der Waals surface area contributed by atoms with E-state index in [0.29, 0.717) is 36.4 Å². The van der Waals surface area contributed by atoms with Crippen LogP contribution in [0.4, 0.5) is 8.78 Å². The van der Waals surface area contributed by atoms with Crippen LogP contribution in [0.25, 0.3) is 0 Å². The summed E-state index contributed by atoms with van der Waals surface area (Å²) in [4.78, 5) is 0. The zero-order chi connectivity index (χ0) is 11.1. The third-order valence-electron chi connectivity index (χ3n) is 1.60. The molecule has 1 N–H and O–H groups in total. The number of hydrogen-bond acceptors (Lipinski definition) is 3. The lowest BCUT2D eigenvalue weighted by atomic mass is 10.4. The van der Waals surface area contributed by atoms with Crippen LogP contribution in [0.2, 0.25) is 0 Å². The molecule has 0 saturated carbocycles. The van der Waals surface area contributed by atoms with Crippen molar-refractivity contribution >= 4 is 11.8 Å². The zero-order valence-electron chi connectivity index (χ0n) is 8.00. The van der Waals surface area contributed by atoms with E-state index in [9.17, 15) is 8.78 Å². The van der Waals surface area contributed by atoms with Gasteiger partial charge in [-0.2, -0.15) is 8.78 Å². The van der Waals surface area contributed by atoms with Gasteiger partial charge in [-0.1, -0.05) is 17.7 Å². The maximum absolute atomic E-state index is 11.9. The lowest BCUT2D eigenvalue weighted by molar-refractivity contribution is 0.251. The summed E-state index contributed by atoms with van der Waals surface area (Å²) in [5.41, 5.74) is 0. The number of alkyl halides is 2. The number of terminal acetylenes is 1. The summed E-state index contributed by atoms with van der Waals surface area (Å²) in [5.74, 6) is 1.51. The van der Waals surface area contributed by atoms with E-state index in [2.05, 4.69) is 11.2 Å². The minimum absolute atomic E-state index is 0.187. The highest BCUT2D eigenvalue weighted by Gasteiger charge is 2.06. The van der Waals surface area contributed by atoms with E-state index < -0.39 is 5.76 Å². The Bertz CT molecular complexity index is 332. The molecular weight excluding hydrogens is 220 g/mol. The molecule has 0 amide bonds. The zero-order valence-corrected chi connectivity index (χ0v) is 8.82. The molecule has 1 heterocycles. The number of halogens is 2. The molecule has 0 aromatic carbocycles. The summed E-state index contributed by atoms with van der Waals surface area (Å²) in [5, 5.41) is 2.94. The molecule has 5 heteroatoms. The number of nitrogens with one attached hydrogen (secondary N) is 1. The van der Waals surface area contributed by atoms with Gasteiger partial charge in [-0.15, -0.1) is 6.42 Å². The van der Waals surface area contributed by atoms with Gasteiger partial charge in [0.05, 0.1) is 18.8 Å². The largest absolute Gasteiger partial charge is 0.464 e. The van der Waals surface area contributed by atoms with E-state index in [-0.39, 0.29) is 5.75 Å². The molecule has 0 aliphatic rings. The van der Waals surface area contributed by atoms with Crippen LogP contribution >= 0.6 is 11.8 Å². The van der Waals surface area contributed by atoms with Crippen molar-refractivity contribution in [1.82, 2.24) is 5.32 Å². The first-order chi connectivity index (χ1) is 7.22. The summed E-state index contributed by atoms with van der Waals surface area (Å²) in [6.07, 6.45) is 5.05. The van der Waals surface area contributed by atoms with Crippen LogP contribution < -0.4 is 5.32 Å². The van der Waals surface area contributed by atoms with E-state index in [1.54, 1.807) is 12.1 Å². The number of thioether (sulfide) groups is 1. The lowest BCUT2D eigenvalue weighted by Gasteiger charge is -1.98. The Labute approximate surface area is 91.4 Å². The maximum Gasteiger partial charge on any atom is 0.284 e. The molecule has 0 atom stereocenters. The highest BCUT2D eigenvalue weighted by molar-refractivity contribution is 7.98. The van der Waals surface area contributed by atoms with Gasteiger partial charge in [0.15, 0.2) is 0 Å². The van der Waals surface area contributed by atoms with Crippen molar-refractivity contribution in [1.29, 1.82) is 0 Å². The second-order valence-electron chi connectivity index (χ2n) is 2.75. The van der Waals surface area contributed by atoms with Crippen molar-refractivity contribution < 1.29 is 13.2 Å². The second-order valence-corrected chi connectivity index (χ2v) is 3.73. The Kier molecular flexibility index (Phi) is 5.22. The van der Waals surface area contributed by atoms with Crippen molar-refractivity contribution in [3.05, 3.63) is 23.7 Å². The Hall–Kier alpha value is -0.990. The molecule has 0 saturated heterocycles. The van der Waals surface area contributed by atoms with Gasteiger partial charge in [-0.25, -0.2) is 0 Å². The van der Waals surface area contributed by atoms with Gasteiger partial charge < -0.3 is 4.42 Å². The molecule has 0 aliphatic carbocycles. The first-order valence-corrected chi connectivity index (χ1v) is 5.38. The molecule has 0 bridgehead atoms. The Morgan fingerprint density at radius 2 is 2.20 bits per heavy atom. The van der Waals surface area contributed by atoms with Crippen molar-refractivity contribution in [3.8, 4) is 12.3 Å². The minimum atomic E-state index is -2.36. The third-order valence-corrected chi connectivity index (χ3v) is 2.30. The molecular formula is C10H11F2NOS. The molecule has 0 spiro atoms. The van der Waals surface area contributed by atoms with Crippen LogP contribution in [0, 0.1) is 12.3 Å². The number of hydrogen-bond donors (Lipinski definition) is 1. The number of rotatable bonds is 6. The lowest BCUT2D eigenvalue weighted by Crippen LogP contribution is -2.12. The minimum Gasteiger partial charge on any atom is -0.464 e. The summed E-state index contributed by atoms with van der Waals surface area (Å²) < 4.78 is 29.0. The average Bonchev–Trinajstić information content (AvgIpc) is 2.63. The predicted octanol–water partition coefficient (Wildman–Crippen LogP) is 2.46. The van der Waals surface area contributed by atoms with Gasteiger partial charge in [-0.3, -0.25) is 5.32 Å². The molecule has 0 unspecified atom stereocenters. The fourth-order valence-electron chi connectivity index (χ4n) is 0.998. The molecule has 0 aliphatic heterocycles. The summed E-state index contributed by atoms with van der Waals surface area (Å²) in [6.45, 7) is 0.978. The Balaban J connectivity index is 2.32. The van der Waals surface area contributed by atoms with E-state index in [0.717, 1.165) is 0 Å². The van der Waals surface area contributed by atoms with Gasteiger partial charge >= 0.3 is 0 Å². The fourth-order valence-corrected chi connectivity index (χ4v) is 1.44. The first-order valence-electron chi connectivity index (χ1n) is 4.34. The van der Waals surface area contributed by atoms with Gasteiger partial charge in [0.1, 0.15) is 11.5 Å². The summed E-state index contributed by atoms with van der Waals surface area (Å²) in [7, 11) is 0. The Morgan fingerprint density at radius 1 is 1.47 bits per heavy atom. The van der Waals surface area contributed by atoms with Crippen LogP contribution in [0.5, 0.6) is 0 Å². The topological polar surface area (TPSA) is 25.2 Å². The first kappa shape index (κ1) is 12.1. The highest BCUT2D eigenvalue weighted by Crippen LogP contribution is 2.21.